The van der Waals surface area contributed by atoms with Crippen molar-refractivity contribution >= 4 is 45.7 Å². The largest absolute Gasteiger partial charge is 0.390 e. The van der Waals surface area contributed by atoms with Gasteiger partial charge in [0, 0.05) is 52.8 Å². The van der Waals surface area contributed by atoms with Crippen LogP contribution in [0.3, 0.4) is 0 Å². The maximum atomic E-state index is 14.5. The van der Waals surface area contributed by atoms with Crippen LogP contribution < -0.4 is 16.0 Å². The number of nitrogens with zero attached hydrogens (tertiary/aromatic N) is 3. The SMILES string of the molecule is Cc1cc(Cl)cc(-c2nnc3cc(Cl)c(-c4cc(F)cc(C(N)=O)c4)cc3c2N2CCC(NCCC(F)(F)F)CC2)c1. The number of piperidine rings is 1. The minimum atomic E-state index is -4.21. The van der Waals surface area contributed by atoms with Crippen molar-refractivity contribution in [1.29, 1.82) is 0 Å². The molecule has 5 rings (SSSR count). The van der Waals surface area contributed by atoms with E-state index < -0.39 is 24.3 Å². The Labute approximate surface area is 249 Å². The summed E-state index contributed by atoms with van der Waals surface area (Å²) >= 11 is 13.0. The van der Waals surface area contributed by atoms with Crippen molar-refractivity contribution in [2.45, 2.75) is 38.4 Å². The molecular weight excluding hydrogens is 593 g/mol. The normalized spacial score (nSPS) is 14.5. The summed E-state index contributed by atoms with van der Waals surface area (Å²) < 4.78 is 52.4. The standard InChI is InChI=1S/C30H27Cl2F4N5O/c1-16-8-18(11-20(31)9-16)27-28(41-6-2-22(3-7-41)38-5-4-30(34,35)36)24-14-23(25(32)15-26(24)39-40-27)17-10-19(29(37)42)13-21(33)12-17/h8-15,22,38H,2-7H2,1H3,(H2,37,42). The number of anilines is 1. The van der Waals surface area contributed by atoms with Crippen LogP contribution in [0.5, 0.6) is 0 Å². The number of carbonyl (C=O) groups excluding carboxylic acids is 1. The van der Waals surface area contributed by atoms with E-state index in [4.69, 9.17) is 28.9 Å². The van der Waals surface area contributed by atoms with E-state index in [1.54, 1.807) is 18.2 Å². The quantitative estimate of drug-likeness (QED) is 0.212. The van der Waals surface area contributed by atoms with Crippen LogP contribution in [0.2, 0.25) is 10.0 Å². The van der Waals surface area contributed by atoms with Crippen molar-refractivity contribution in [3.63, 3.8) is 0 Å². The maximum Gasteiger partial charge on any atom is 0.390 e. The van der Waals surface area contributed by atoms with Crippen molar-refractivity contribution in [2.24, 2.45) is 5.73 Å². The van der Waals surface area contributed by atoms with Crippen molar-refractivity contribution in [2.75, 3.05) is 24.5 Å². The fourth-order valence-electron chi connectivity index (χ4n) is 5.34. The summed E-state index contributed by atoms with van der Waals surface area (Å²) in [6, 6.07) is 12.7. The molecule has 1 aliphatic heterocycles. The van der Waals surface area contributed by atoms with Crippen molar-refractivity contribution in [1.82, 2.24) is 15.5 Å². The molecular formula is C30H27Cl2F4N5O. The highest BCUT2D eigenvalue weighted by Gasteiger charge is 2.29. The van der Waals surface area contributed by atoms with Crippen LogP contribution in [0.4, 0.5) is 23.2 Å². The topological polar surface area (TPSA) is 84.1 Å². The number of fused-ring (bicyclic) bond motifs is 1. The van der Waals surface area contributed by atoms with Gasteiger partial charge in [0.15, 0.2) is 0 Å². The van der Waals surface area contributed by atoms with E-state index >= 15 is 0 Å². The van der Waals surface area contributed by atoms with Crippen LogP contribution in [0.1, 0.15) is 35.2 Å². The lowest BCUT2D eigenvalue weighted by Gasteiger charge is -2.35. The highest BCUT2D eigenvalue weighted by molar-refractivity contribution is 6.34. The van der Waals surface area contributed by atoms with E-state index in [0.717, 1.165) is 22.9 Å². The van der Waals surface area contributed by atoms with Gasteiger partial charge in [-0.2, -0.15) is 13.2 Å². The fourth-order valence-corrected chi connectivity index (χ4v) is 5.89. The first-order valence-electron chi connectivity index (χ1n) is 13.3. The summed E-state index contributed by atoms with van der Waals surface area (Å²) in [5, 5.41) is 13.5. The number of primary amides is 1. The minimum Gasteiger partial charge on any atom is -0.369 e. The predicted octanol–water partition coefficient (Wildman–Crippen LogP) is 7.33. The number of hydrogen-bond acceptors (Lipinski definition) is 5. The molecule has 3 N–H and O–H groups in total. The van der Waals surface area contributed by atoms with Crippen LogP contribution in [-0.2, 0) is 0 Å². The van der Waals surface area contributed by atoms with Crippen LogP contribution >= 0.6 is 23.2 Å². The number of aryl methyl sites for hydroxylation is 1. The number of nitrogens with two attached hydrogens (primary N) is 1. The van der Waals surface area contributed by atoms with E-state index in [1.165, 1.54) is 12.1 Å². The first-order valence-corrected chi connectivity index (χ1v) is 14.1. The third kappa shape index (κ3) is 6.77. The fraction of sp³-hybridized carbons (Fsp3) is 0.300. The average molecular weight is 620 g/mol. The summed E-state index contributed by atoms with van der Waals surface area (Å²) in [5.41, 5.74) is 9.74. The second kappa shape index (κ2) is 12.0. The average Bonchev–Trinajstić information content (AvgIpc) is 2.91. The zero-order valence-corrected chi connectivity index (χ0v) is 24.0. The molecule has 1 amide bonds. The van der Waals surface area contributed by atoms with Crippen molar-refractivity contribution < 1.29 is 22.4 Å². The first-order chi connectivity index (χ1) is 19.9. The number of rotatable bonds is 7. The molecule has 4 aromatic rings. The molecule has 0 spiro atoms. The highest BCUT2D eigenvalue weighted by atomic mass is 35.5. The third-order valence-electron chi connectivity index (χ3n) is 7.28. The molecule has 1 fully saturated rings. The third-order valence-corrected chi connectivity index (χ3v) is 7.81. The number of carbonyl (C=O) groups is 1. The number of amides is 1. The van der Waals surface area contributed by atoms with Crippen molar-refractivity contribution in [3.8, 4) is 22.4 Å². The molecule has 0 radical (unpaired) electrons. The number of aromatic nitrogens is 2. The number of halogens is 6. The van der Waals surface area contributed by atoms with Gasteiger partial charge in [-0.3, -0.25) is 4.79 Å². The van der Waals surface area contributed by atoms with Gasteiger partial charge in [0.1, 0.15) is 11.5 Å². The minimum absolute atomic E-state index is 0.00410. The maximum absolute atomic E-state index is 14.5. The number of nitrogens with one attached hydrogen (secondary N) is 1. The first kappa shape index (κ1) is 30.0. The lowest BCUT2D eigenvalue weighted by molar-refractivity contribution is -0.133. The highest BCUT2D eigenvalue weighted by Crippen LogP contribution is 2.41. The Morgan fingerprint density at radius 3 is 2.43 bits per heavy atom. The molecule has 3 aromatic carbocycles. The van der Waals surface area contributed by atoms with Crippen molar-refractivity contribution in [3.05, 3.63) is 75.5 Å². The molecule has 0 saturated carbocycles. The van der Waals surface area contributed by atoms with E-state index in [-0.39, 0.29) is 23.2 Å². The lowest BCUT2D eigenvalue weighted by Crippen LogP contribution is -2.43. The smallest absolute Gasteiger partial charge is 0.369 e. The summed E-state index contributed by atoms with van der Waals surface area (Å²) in [5.74, 6) is -1.41. The Morgan fingerprint density at radius 2 is 1.76 bits per heavy atom. The molecule has 0 atom stereocenters. The molecule has 1 saturated heterocycles. The summed E-state index contributed by atoms with van der Waals surface area (Å²) in [4.78, 5) is 13.9. The lowest BCUT2D eigenvalue weighted by atomic mass is 9.97. The molecule has 2 heterocycles. The molecule has 0 aliphatic carbocycles. The van der Waals surface area contributed by atoms with Gasteiger partial charge in [0.2, 0.25) is 5.91 Å². The Hall–Kier alpha value is -3.47. The number of hydrogen-bond donors (Lipinski definition) is 2. The van der Waals surface area contributed by atoms with Crippen LogP contribution in [0.25, 0.3) is 33.3 Å². The Bertz CT molecular complexity index is 1640. The van der Waals surface area contributed by atoms with Gasteiger partial charge in [-0.05, 0) is 79.4 Å². The van der Waals surface area contributed by atoms with Gasteiger partial charge in [-0.1, -0.05) is 23.2 Å². The number of alkyl halides is 3. The van der Waals surface area contributed by atoms with Gasteiger partial charge in [-0.25, -0.2) is 4.39 Å². The van der Waals surface area contributed by atoms with Gasteiger partial charge < -0.3 is 16.0 Å². The van der Waals surface area contributed by atoms with E-state index in [0.29, 0.717) is 58.7 Å². The van der Waals surface area contributed by atoms with Gasteiger partial charge in [0.05, 0.1) is 22.6 Å². The summed E-state index contributed by atoms with van der Waals surface area (Å²) in [6.07, 6.45) is -3.87. The summed E-state index contributed by atoms with van der Waals surface area (Å²) in [7, 11) is 0. The molecule has 42 heavy (non-hydrogen) atoms. The Balaban J connectivity index is 1.60. The van der Waals surface area contributed by atoms with Gasteiger partial charge in [0.25, 0.3) is 0 Å². The Kier molecular flexibility index (Phi) is 8.59. The molecule has 220 valence electrons. The van der Waals surface area contributed by atoms with Gasteiger partial charge in [-0.15, -0.1) is 10.2 Å². The molecule has 1 aliphatic rings. The molecule has 1 aromatic heterocycles. The molecule has 0 unspecified atom stereocenters. The monoisotopic (exact) mass is 619 g/mol. The van der Waals surface area contributed by atoms with E-state index in [1.807, 2.05) is 19.1 Å². The Morgan fingerprint density at radius 1 is 1.02 bits per heavy atom. The van der Waals surface area contributed by atoms with Crippen LogP contribution in [0.15, 0.2) is 48.5 Å². The van der Waals surface area contributed by atoms with Crippen LogP contribution in [-0.4, -0.2) is 48.0 Å². The zero-order valence-electron chi connectivity index (χ0n) is 22.5. The summed E-state index contributed by atoms with van der Waals surface area (Å²) in [6.45, 7) is 2.87. The molecule has 0 bridgehead atoms. The van der Waals surface area contributed by atoms with E-state index in [2.05, 4.69) is 20.4 Å². The molecule has 6 nitrogen and oxygen atoms in total. The zero-order chi connectivity index (χ0) is 30.2. The molecule has 12 heteroatoms. The van der Waals surface area contributed by atoms with Gasteiger partial charge >= 0.3 is 6.18 Å². The number of benzene rings is 3. The second-order valence-corrected chi connectivity index (χ2v) is 11.3. The predicted molar refractivity (Wildman–Crippen MR) is 158 cm³/mol. The van der Waals surface area contributed by atoms with E-state index in [9.17, 15) is 22.4 Å². The van der Waals surface area contributed by atoms with Crippen LogP contribution in [0, 0.1) is 12.7 Å². The second-order valence-electron chi connectivity index (χ2n) is 10.4.